The SMILES string of the molecule is CCNCc1cc(S(=O)(=O)NC2(C)CCOC2C)c(Br)s1. The minimum Gasteiger partial charge on any atom is -0.376 e. The maximum absolute atomic E-state index is 12.6. The molecular weight excluding hydrogens is 376 g/mol. The first-order valence-corrected chi connectivity index (χ1v) is 10.0. The van der Waals surface area contributed by atoms with Crippen LogP contribution in [0.1, 0.15) is 32.1 Å². The molecule has 21 heavy (non-hydrogen) atoms. The molecule has 1 fully saturated rings. The Morgan fingerprint density at radius 3 is 2.86 bits per heavy atom. The van der Waals surface area contributed by atoms with Gasteiger partial charge in [0.25, 0.3) is 0 Å². The van der Waals surface area contributed by atoms with Crippen LogP contribution in [0, 0.1) is 0 Å². The van der Waals surface area contributed by atoms with E-state index in [1.165, 1.54) is 11.3 Å². The van der Waals surface area contributed by atoms with E-state index in [0.29, 0.717) is 28.3 Å². The van der Waals surface area contributed by atoms with Crippen LogP contribution in [0.3, 0.4) is 0 Å². The second-order valence-corrected chi connectivity index (χ2v) is 9.52. The second-order valence-electron chi connectivity index (χ2n) is 5.42. The number of sulfonamides is 1. The van der Waals surface area contributed by atoms with Crippen LogP contribution in [-0.4, -0.2) is 33.2 Å². The third-order valence-corrected chi connectivity index (χ3v) is 7.66. The number of nitrogens with one attached hydrogen (secondary N) is 2. The predicted molar refractivity (Wildman–Crippen MR) is 88.2 cm³/mol. The molecule has 2 rings (SSSR count). The van der Waals surface area contributed by atoms with E-state index >= 15 is 0 Å². The van der Waals surface area contributed by atoms with Gasteiger partial charge in [-0.1, -0.05) is 6.92 Å². The zero-order valence-corrected chi connectivity index (χ0v) is 15.6. The molecule has 120 valence electrons. The van der Waals surface area contributed by atoms with Crippen molar-refractivity contribution in [3.05, 3.63) is 14.7 Å². The summed E-state index contributed by atoms with van der Waals surface area (Å²) >= 11 is 4.81. The van der Waals surface area contributed by atoms with Gasteiger partial charge in [0.2, 0.25) is 10.0 Å². The third-order valence-electron chi connectivity index (χ3n) is 3.80. The molecule has 1 aliphatic heterocycles. The fourth-order valence-electron chi connectivity index (χ4n) is 2.25. The average Bonchev–Trinajstić information content (AvgIpc) is 2.91. The minimum atomic E-state index is -3.56. The average molecular weight is 397 g/mol. The summed E-state index contributed by atoms with van der Waals surface area (Å²) in [4.78, 5) is 1.30. The summed E-state index contributed by atoms with van der Waals surface area (Å²) in [5.41, 5.74) is -0.554. The molecule has 2 unspecified atom stereocenters. The maximum atomic E-state index is 12.6. The van der Waals surface area contributed by atoms with Crippen molar-refractivity contribution >= 4 is 37.3 Å². The smallest absolute Gasteiger partial charge is 0.243 e. The van der Waals surface area contributed by atoms with E-state index in [1.54, 1.807) is 6.07 Å². The van der Waals surface area contributed by atoms with Crippen molar-refractivity contribution in [1.29, 1.82) is 0 Å². The van der Waals surface area contributed by atoms with Gasteiger partial charge in [-0.2, -0.15) is 0 Å². The Morgan fingerprint density at radius 1 is 1.57 bits per heavy atom. The molecule has 1 aromatic rings. The summed E-state index contributed by atoms with van der Waals surface area (Å²) < 4.78 is 34.2. The lowest BCUT2D eigenvalue weighted by atomic mass is 9.97. The van der Waals surface area contributed by atoms with Crippen molar-refractivity contribution in [2.24, 2.45) is 0 Å². The van der Waals surface area contributed by atoms with E-state index in [4.69, 9.17) is 4.74 Å². The van der Waals surface area contributed by atoms with E-state index in [9.17, 15) is 8.42 Å². The highest BCUT2D eigenvalue weighted by atomic mass is 79.9. The molecule has 0 amide bonds. The molecule has 0 aromatic carbocycles. The lowest BCUT2D eigenvalue weighted by Crippen LogP contribution is -2.50. The van der Waals surface area contributed by atoms with Gasteiger partial charge in [-0.25, -0.2) is 13.1 Å². The van der Waals surface area contributed by atoms with E-state index < -0.39 is 15.6 Å². The van der Waals surface area contributed by atoms with Crippen molar-refractivity contribution in [3.63, 3.8) is 0 Å². The summed E-state index contributed by atoms with van der Waals surface area (Å²) in [5.74, 6) is 0. The number of halogens is 1. The summed E-state index contributed by atoms with van der Waals surface area (Å²) in [5, 5.41) is 3.20. The summed E-state index contributed by atoms with van der Waals surface area (Å²) in [6, 6.07) is 1.73. The molecular formula is C13H21BrN2O3S2. The van der Waals surface area contributed by atoms with E-state index in [2.05, 4.69) is 26.0 Å². The third kappa shape index (κ3) is 3.86. The van der Waals surface area contributed by atoms with Crippen molar-refractivity contribution in [3.8, 4) is 0 Å². The van der Waals surface area contributed by atoms with E-state index in [-0.39, 0.29) is 6.10 Å². The molecule has 0 spiro atoms. The topological polar surface area (TPSA) is 67.4 Å². The molecule has 2 heterocycles. The zero-order valence-electron chi connectivity index (χ0n) is 12.4. The second kappa shape index (κ2) is 6.64. The van der Waals surface area contributed by atoms with E-state index in [0.717, 1.165) is 11.4 Å². The molecule has 5 nitrogen and oxygen atoms in total. The molecule has 0 saturated carbocycles. The lowest BCUT2D eigenvalue weighted by molar-refractivity contribution is 0.0957. The van der Waals surface area contributed by atoms with Gasteiger partial charge < -0.3 is 10.1 Å². The monoisotopic (exact) mass is 396 g/mol. The molecule has 1 aromatic heterocycles. The normalized spacial score (nSPS) is 26.4. The molecule has 2 atom stereocenters. The molecule has 1 saturated heterocycles. The number of thiophene rings is 1. The summed E-state index contributed by atoms with van der Waals surface area (Å²) in [7, 11) is -3.56. The standard InChI is InChI=1S/C13H21BrN2O3S2/c1-4-15-8-10-7-11(12(14)20-10)21(17,18)16-13(3)5-6-19-9(13)2/h7,9,15-16H,4-6,8H2,1-3H3. The maximum Gasteiger partial charge on any atom is 0.243 e. The molecule has 1 aliphatic rings. The molecule has 2 N–H and O–H groups in total. The van der Waals surface area contributed by atoms with Crippen LogP contribution in [0.5, 0.6) is 0 Å². The fraction of sp³-hybridized carbons (Fsp3) is 0.692. The van der Waals surface area contributed by atoms with Crippen molar-refractivity contribution in [2.75, 3.05) is 13.2 Å². The van der Waals surface area contributed by atoms with Gasteiger partial charge in [-0.15, -0.1) is 11.3 Å². The Hall–Kier alpha value is 0.01000. The predicted octanol–water partition coefficient (Wildman–Crippen LogP) is 2.47. The van der Waals surface area contributed by atoms with Crippen LogP contribution in [0.4, 0.5) is 0 Å². The highest BCUT2D eigenvalue weighted by Gasteiger charge is 2.41. The Labute approximate surface area is 138 Å². The van der Waals surface area contributed by atoms with Gasteiger partial charge in [-0.3, -0.25) is 0 Å². The van der Waals surface area contributed by atoms with E-state index in [1.807, 2.05) is 20.8 Å². The Morgan fingerprint density at radius 2 is 2.29 bits per heavy atom. The van der Waals surface area contributed by atoms with Crippen LogP contribution in [0.25, 0.3) is 0 Å². The highest BCUT2D eigenvalue weighted by molar-refractivity contribution is 9.11. The number of ether oxygens (including phenoxy) is 1. The first kappa shape index (κ1) is 17.4. The molecule has 0 bridgehead atoms. The van der Waals surface area contributed by atoms with Gasteiger partial charge in [-0.05, 0) is 48.8 Å². The first-order valence-electron chi connectivity index (χ1n) is 6.93. The summed E-state index contributed by atoms with van der Waals surface area (Å²) in [6.45, 7) is 7.91. The Kier molecular flexibility index (Phi) is 5.49. The van der Waals surface area contributed by atoms with Gasteiger partial charge in [0, 0.05) is 18.0 Å². The Bertz CT molecular complexity index is 603. The molecule has 0 radical (unpaired) electrons. The van der Waals surface area contributed by atoms with Crippen molar-refractivity contribution < 1.29 is 13.2 Å². The van der Waals surface area contributed by atoms with Gasteiger partial charge in [0.05, 0.1) is 15.4 Å². The molecule has 0 aliphatic carbocycles. The Balaban J connectivity index is 2.21. The van der Waals surface area contributed by atoms with Crippen LogP contribution in [0.15, 0.2) is 14.7 Å². The largest absolute Gasteiger partial charge is 0.376 e. The number of rotatable bonds is 6. The minimum absolute atomic E-state index is 0.133. The quantitative estimate of drug-likeness (QED) is 0.774. The van der Waals surface area contributed by atoms with Crippen molar-refractivity contribution in [1.82, 2.24) is 10.0 Å². The first-order chi connectivity index (χ1) is 9.78. The summed E-state index contributed by atoms with van der Waals surface area (Å²) in [6.07, 6.45) is 0.547. The fourth-order valence-corrected chi connectivity index (χ4v) is 6.39. The number of hydrogen-bond acceptors (Lipinski definition) is 5. The van der Waals surface area contributed by atoms with Crippen LogP contribution < -0.4 is 10.0 Å². The van der Waals surface area contributed by atoms with Gasteiger partial charge in [0.1, 0.15) is 4.90 Å². The van der Waals surface area contributed by atoms with Gasteiger partial charge in [0.15, 0.2) is 0 Å². The highest BCUT2D eigenvalue weighted by Crippen LogP contribution is 2.34. The zero-order chi connectivity index (χ0) is 15.7. The van der Waals surface area contributed by atoms with Crippen LogP contribution >= 0.6 is 27.3 Å². The van der Waals surface area contributed by atoms with Crippen LogP contribution in [0.2, 0.25) is 0 Å². The lowest BCUT2D eigenvalue weighted by Gasteiger charge is -2.28. The molecule has 8 heteroatoms. The van der Waals surface area contributed by atoms with Gasteiger partial charge >= 0.3 is 0 Å². The van der Waals surface area contributed by atoms with Crippen LogP contribution in [-0.2, 0) is 21.3 Å². The number of hydrogen-bond donors (Lipinski definition) is 2. The van der Waals surface area contributed by atoms with Crippen molar-refractivity contribution in [2.45, 2.75) is 50.3 Å².